The molecule has 0 amide bonds. The van der Waals surface area contributed by atoms with Crippen LogP contribution in [0.3, 0.4) is 0 Å². The number of likely N-dealkylation sites (N-methyl/N-ethyl adjacent to an activating group) is 1. The van der Waals surface area contributed by atoms with E-state index in [4.69, 9.17) is 5.11 Å². The molecule has 2 rings (SSSR count). The Balaban J connectivity index is 2.24. The van der Waals surface area contributed by atoms with Gasteiger partial charge in [-0.1, -0.05) is 24.3 Å². The maximum atomic E-state index is 10.7. The number of aliphatic carboxylic acids is 1. The molecular weight excluding hydrogens is 190 g/mol. The lowest BCUT2D eigenvalue weighted by Crippen LogP contribution is -2.33. The van der Waals surface area contributed by atoms with E-state index in [2.05, 4.69) is 24.0 Å². The molecule has 0 saturated heterocycles. The molecule has 1 aliphatic heterocycles. The van der Waals surface area contributed by atoms with Crippen molar-refractivity contribution >= 4 is 5.97 Å². The first-order valence-electron chi connectivity index (χ1n) is 5.10. The van der Waals surface area contributed by atoms with Crippen molar-refractivity contribution in [3.63, 3.8) is 0 Å². The Morgan fingerprint density at radius 2 is 2.33 bits per heavy atom. The van der Waals surface area contributed by atoms with Gasteiger partial charge in [0.25, 0.3) is 0 Å². The summed E-state index contributed by atoms with van der Waals surface area (Å²) < 4.78 is 0. The molecule has 0 aromatic heterocycles. The standard InChI is InChI=1S/C12H15NO2/c1-8-6-9-4-3-5-10(7-11(14)15)12(9)13(8)2/h3-6,9,12H,7H2,1-2H3,(H,14,15). The average molecular weight is 205 g/mol. The molecular formula is C12H15NO2. The zero-order valence-corrected chi connectivity index (χ0v) is 8.97. The highest BCUT2D eigenvalue weighted by Crippen LogP contribution is 2.34. The minimum atomic E-state index is -0.756. The Kier molecular flexibility index (Phi) is 2.39. The topological polar surface area (TPSA) is 40.5 Å². The van der Waals surface area contributed by atoms with Crippen LogP contribution in [0.1, 0.15) is 13.3 Å². The van der Waals surface area contributed by atoms with Crippen LogP contribution in [-0.2, 0) is 4.79 Å². The molecule has 80 valence electrons. The van der Waals surface area contributed by atoms with Crippen LogP contribution in [0.4, 0.5) is 0 Å². The summed E-state index contributed by atoms with van der Waals surface area (Å²) >= 11 is 0. The van der Waals surface area contributed by atoms with Crippen molar-refractivity contribution in [1.82, 2.24) is 4.90 Å². The number of rotatable bonds is 2. The molecule has 0 aromatic rings. The summed E-state index contributed by atoms with van der Waals surface area (Å²) in [6, 6.07) is 0.214. The molecule has 1 aliphatic carbocycles. The summed E-state index contributed by atoms with van der Waals surface area (Å²) in [5.41, 5.74) is 2.21. The van der Waals surface area contributed by atoms with Crippen molar-refractivity contribution in [2.24, 2.45) is 5.92 Å². The number of allylic oxidation sites excluding steroid dienone is 3. The highest BCUT2D eigenvalue weighted by molar-refractivity contribution is 5.71. The van der Waals surface area contributed by atoms with Gasteiger partial charge in [0.05, 0.1) is 12.5 Å². The van der Waals surface area contributed by atoms with Crippen LogP contribution in [0.25, 0.3) is 0 Å². The molecule has 1 heterocycles. The largest absolute Gasteiger partial charge is 0.481 e. The van der Waals surface area contributed by atoms with E-state index in [1.54, 1.807) is 0 Å². The van der Waals surface area contributed by atoms with Gasteiger partial charge in [0.2, 0.25) is 0 Å². The Labute approximate surface area is 89.4 Å². The summed E-state index contributed by atoms with van der Waals surface area (Å²) in [7, 11) is 2.02. The van der Waals surface area contributed by atoms with Gasteiger partial charge in [0.1, 0.15) is 0 Å². The third kappa shape index (κ3) is 1.69. The van der Waals surface area contributed by atoms with E-state index in [1.807, 2.05) is 19.2 Å². The number of fused-ring (bicyclic) bond motifs is 1. The number of hydrogen-bond donors (Lipinski definition) is 1. The van der Waals surface area contributed by atoms with Crippen LogP contribution in [0, 0.1) is 5.92 Å². The van der Waals surface area contributed by atoms with Crippen molar-refractivity contribution < 1.29 is 9.90 Å². The van der Waals surface area contributed by atoms with Crippen molar-refractivity contribution in [3.8, 4) is 0 Å². The van der Waals surface area contributed by atoms with E-state index in [0.29, 0.717) is 5.92 Å². The fraction of sp³-hybridized carbons (Fsp3) is 0.417. The summed E-state index contributed by atoms with van der Waals surface area (Å²) in [5, 5.41) is 8.84. The van der Waals surface area contributed by atoms with Crippen LogP contribution in [0.15, 0.2) is 35.6 Å². The first-order valence-corrected chi connectivity index (χ1v) is 5.10. The van der Waals surface area contributed by atoms with Crippen molar-refractivity contribution in [2.45, 2.75) is 19.4 Å². The normalized spacial score (nSPS) is 28.5. The van der Waals surface area contributed by atoms with Crippen molar-refractivity contribution in [2.75, 3.05) is 7.05 Å². The van der Waals surface area contributed by atoms with Gasteiger partial charge in [-0.05, 0) is 12.5 Å². The van der Waals surface area contributed by atoms with E-state index < -0.39 is 5.97 Å². The maximum Gasteiger partial charge on any atom is 0.307 e. The lowest BCUT2D eigenvalue weighted by Gasteiger charge is -2.30. The van der Waals surface area contributed by atoms with Gasteiger partial charge in [-0.2, -0.15) is 0 Å². The van der Waals surface area contributed by atoms with E-state index in [0.717, 1.165) is 5.57 Å². The van der Waals surface area contributed by atoms with Crippen molar-refractivity contribution in [3.05, 3.63) is 35.6 Å². The smallest absolute Gasteiger partial charge is 0.307 e. The Hall–Kier alpha value is -1.51. The van der Waals surface area contributed by atoms with Gasteiger partial charge in [-0.3, -0.25) is 4.79 Å². The molecule has 2 unspecified atom stereocenters. The molecule has 1 N–H and O–H groups in total. The predicted molar refractivity (Wildman–Crippen MR) is 58.3 cm³/mol. The van der Waals surface area contributed by atoms with Gasteiger partial charge in [-0.25, -0.2) is 0 Å². The number of hydrogen-bond acceptors (Lipinski definition) is 2. The summed E-state index contributed by atoms with van der Waals surface area (Å²) in [5.74, 6) is -0.414. The summed E-state index contributed by atoms with van der Waals surface area (Å²) in [6.07, 6.45) is 8.34. The second kappa shape index (κ2) is 3.57. The second-order valence-electron chi connectivity index (χ2n) is 4.14. The molecule has 3 heteroatoms. The lowest BCUT2D eigenvalue weighted by molar-refractivity contribution is -0.136. The number of carbonyl (C=O) groups is 1. The van der Waals surface area contributed by atoms with Crippen LogP contribution in [0.5, 0.6) is 0 Å². The minimum Gasteiger partial charge on any atom is -0.481 e. The Morgan fingerprint density at radius 3 is 3.00 bits per heavy atom. The highest BCUT2D eigenvalue weighted by atomic mass is 16.4. The van der Waals surface area contributed by atoms with Crippen LogP contribution in [0.2, 0.25) is 0 Å². The zero-order chi connectivity index (χ0) is 11.0. The maximum absolute atomic E-state index is 10.7. The zero-order valence-electron chi connectivity index (χ0n) is 8.97. The molecule has 2 aliphatic rings. The van der Waals surface area contributed by atoms with Gasteiger partial charge in [0, 0.05) is 18.7 Å². The first-order chi connectivity index (χ1) is 7.09. The Bertz CT molecular complexity index is 379. The summed E-state index contributed by atoms with van der Waals surface area (Å²) in [6.45, 7) is 2.06. The third-order valence-electron chi connectivity index (χ3n) is 3.15. The third-order valence-corrected chi connectivity index (χ3v) is 3.15. The van der Waals surface area contributed by atoms with Gasteiger partial charge >= 0.3 is 5.97 Å². The molecule has 0 aromatic carbocycles. The van der Waals surface area contributed by atoms with E-state index in [9.17, 15) is 4.79 Å². The lowest BCUT2D eigenvalue weighted by atomic mass is 9.88. The minimum absolute atomic E-state index is 0.136. The van der Waals surface area contributed by atoms with Crippen molar-refractivity contribution in [1.29, 1.82) is 0 Å². The molecule has 0 spiro atoms. The first kappa shape index (κ1) is 10.0. The molecule has 0 fully saturated rings. The van der Waals surface area contributed by atoms with E-state index in [1.165, 1.54) is 5.70 Å². The SMILES string of the molecule is CC1=CC2C=CC=C(CC(=O)O)C2N1C. The van der Waals surface area contributed by atoms with E-state index >= 15 is 0 Å². The molecule has 0 saturated carbocycles. The number of carboxylic acids is 1. The van der Waals surface area contributed by atoms with Gasteiger partial charge in [0.15, 0.2) is 0 Å². The molecule has 15 heavy (non-hydrogen) atoms. The van der Waals surface area contributed by atoms with Crippen LogP contribution < -0.4 is 0 Å². The second-order valence-corrected chi connectivity index (χ2v) is 4.14. The highest BCUT2D eigenvalue weighted by Gasteiger charge is 2.33. The monoisotopic (exact) mass is 205 g/mol. The van der Waals surface area contributed by atoms with Crippen LogP contribution in [-0.4, -0.2) is 29.1 Å². The molecule has 2 atom stereocenters. The quantitative estimate of drug-likeness (QED) is 0.747. The Morgan fingerprint density at radius 1 is 1.60 bits per heavy atom. The predicted octanol–water partition coefficient (Wildman–Crippen LogP) is 1.79. The molecule has 0 bridgehead atoms. The van der Waals surface area contributed by atoms with E-state index in [-0.39, 0.29) is 12.5 Å². The van der Waals surface area contributed by atoms with Gasteiger partial charge in [-0.15, -0.1) is 0 Å². The van der Waals surface area contributed by atoms with Gasteiger partial charge < -0.3 is 10.0 Å². The summed E-state index contributed by atoms with van der Waals surface area (Å²) in [4.78, 5) is 12.9. The van der Waals surface area contributed by atoms with Crippen LogP contribution >= 0.6 is 0 Å². The average Bonchev–Trinajstić information content (AvgIpc) is 2.43. The number of carboxylic acid groups (broad SMARTS) is 1. The molecule has 3 nitrogen and oxygen atoms in total. The number of nitrogens with zero attached hydrogens (tertiary/aromatic N) is 1. The fourth-order valence-electron chi connectivity index (χ4n) is 2.37. The fourth-order valence-corrected chi connectivity index (χ4v) is 2.37. The molecule has 0 radical (unpaired) electrons.